The van der Waals surface area contributed by atoms with Crippen LogP contribution < -0.4 is 0 Å². The van der Waals surface area contributed by atoms with Crippen LogP contribution in [0.15, 0.2) is 35.3 Å². The van der Waals surface area contributed by atoms with Gasteiger partial charge in [-0.05, 0) is 47.4 Å². The molecule has 0 aromatic heterocycles. The Balaban J connectivity index is 2.27. The minimum absolute atomic E-state index is 0.0150. The lowest BCUT2D eigenvalue weighted by atomic mass is 10.2. The molecule has 0 fully saturated rings. The lowest BCUT2D eigenvalue weighted by Crippen LogP contribution is -2.27. The highest BCUT2D eigenvalue weighted by Gasteiger charge is 2.20. The van der Waals surface area contributed by atoms with E-state index in [1.165, 1.54) is 5.56 Å². The number of amidine groups is 1. The van der Waals surface area contributed by atoms with Crippen molar-refractivity contribution in [3.8, 4) is 0 Å². The van der Waals surface area contributed by atoms with Gasteiger partial charge in [-0.25, -0.2) is 4.99 Å². The summed E-state index contributed by atoms with van der Waals surface area (Å²) in [5, 5.41) is 1.13. The van der Waals surface area contributed by atoms with Crippen molar-refractivity contribution in [2.75, 3.05) is 13.1 Å². The predicted octanol–water partition coefficient (Wildman–Crippen LogP) is 4.10. The fourth-order valence-electron chi connectivity index (χ4n) is 1.60. The van der Waals surface area contributed by atoms with Gasteiger partial charge in [0.2, 0.25) is 0 Å². The molecule has 1 aliphatic heterocycles. The summed E-state index contributed by atoms with van der Waals surface area (Å²) in [7, 11) is 1.79. The molecule has 0 aliphatic carbocycles. The SMILES string of the molecule is CCN(CC)C1=NC(c2ccccc2)=S(Br)S1. The van der Waals surface area contributed by atoms with Gasteiger partial charge in [0, 0.05) is 18.7 Å². The van der Waals surface area contributed by atoms with Gasteiger partial charge in [-0.3, -0.25) is 0 Å². The Hall–Kier alpha value is -0.260. The van der Waals surface area contributed by atoms with Crippen LogP contribution in [-0.4, -0.2) is 28.1 Å². The Morgan fingerprint density at radius 2 is 1.88 bits per heavy atom. The highest BCUT2D eigenvalue weighted by Crippen LogP contribution is 2.46. The number of halogens is 1. The molecule has 0 N–H and O–H groups in total. The molecule has 5 heteroatoms. The maximum Gasteiger partial charge on any atom is 0.176 e. The molecular weight excluding hydrogens is 316 g/mol. The normalized spacial score (nSPS) is 19.4. The van der Waals surface area contributed by atoms with Gasteiger partial charge in [-0.1, -0.05) is 30.3 Å². The summed E-state index contributed by atoms with van der Waals surface area (Å²) in [6.45, 7) is 6.35. The Morgan fingerprint density at radius 3 is 2.47 bits per heavy atom. The molecule has 17 heavy (non-hydrogen) atoms. The van der Waals surface area contributed by atoms with Crippen molar-refractivity contribution in [2.24, 2.45) is 4.99 Å². The number of aliphatic imine (C=N–C) groups is 1. The fourth-order valence-corrected chi connectivity index (χ4v) is 6.14. The molecule has 0 spiro atoms. The second-order valence-corrected chi connectivity index (χ2v) is 9.64. The van der Waals surface area contributed by atoms with Crippen molar-refractivity contribution in [3.05, 3.63) is 35.9 Å². The summed E-state index contributed by atoms with van der Waals surface area (Å²) in [4.78, 5) is 8.21. The third-order valence-corrected chi connectivity index (χ3v) is 7.30. The van der Waals surface area contributed by atoms with Crippen LogP contribution in [0.5, 0.6) is 0 Å². The zero-order valence-corrected chi connectivity index (χ0v) is 13.1. The monoisotopic (exact) mass is 330 g/mol. The van der Waals surface area contributed by atoms with E-state index in [0.29, 0.717) is 0 Å². The molecule has 0 saturated carbocycles. The first-order valence-corrected chi connectivity index (χ1v) is 10.0. The number of rotatable bonds is 3. The molecule has 2 rings (SSSR count). The van der Waals surface area contributed by atoms with Gasteiger partial charge >= 0.3 is 0 Å². The molecule has 1 aliphatic rings. The molecule has 0 amide bonds. The molecule has 0 bridgehead atoms. The van der Waals surface area contributed by atoms with Crippen molar-refractivity contribution in [1.82, 2.24) is 4.90 Å². The molecule has 92 valence electrons. The lowest BCUT2D eigenvalue weighted by Gasteiger charge is -2.19. The van der Waals surface area contributed by atoms with Gasteiger partial charge in [-0.2, -0.15) is 0 Å². The number of hydrogen-bond acceptors (Lipinski definition) is 3. The third-order valence-electron chi connectivity index (χ3n) is 2.55. The van der Waals surface area contributed by atoms with E-state index in [2.05, 4.69) is 57.8 Å². The summed E-state index contributed by atoms with van der Waals surface area (Å²) in [5.41, 5.74) is 1.21. The van der Waals surface area contributed by atoms with E-state index in [9.17, 15) is 0 Å². The van der Waals surface area contributed by atoms with Crippen molar-refractivity contribution < 1.29 is 0 Å². The van der Waals surface area contributed by atoms with E-state index in [0.717, 1.165) is 23.2 Å². The predicted molar refractivity (Wildman–Crippen MR) is 85.0 cm³/mol. The Labute approximate surface area is 116 Å². The first kappa shape index (κ1) is 13.2. The van der Waals surface area contributed by atoms with E-state index >= 15 is 0 Å². The molecule has 1 atom stereocenters. The zero-order chi connectivity index (χ0) is 12.3. The van der Waals surface area contributed by atoms with Crippen LogP contribution in [0.1, 0.15) is 19.4 Å². The van der Waals surface area contributed by atoms with Crippen LogP contribution in [0.3, 0.4) is 0 Å². The van der Waals surface area contributed by atoms with Crippen molar-refractivity contribution in [3.63, 3.8) is 0 Å². The minimum Gasteiger partial charge on any atom is -0.351 e. The summed E-state index contributed by atoms with van der Waals surface area (Å²) in [6.07, 6.45) is 0. The number of benzene rings is 1. The van der Waals surface area contributed by atoms with Gasteiger partial charge in [0.25, 0.3) is 0 Å². The number of hydrogen-bond donors (Lipinski definition) is 0. The topological polar surface area (TPSA) is 15.6 Å². The quantitative estimate of drug-likeness (QED) is 0.612. The third kappa shape index (κ3) is 2.95. The molecule has 1 heterocycles. The van der Waals surface area contributed by atoms with Crippen molar-refractivity contribution >= 4 is 43.7 Å². The molecular formula is C12H15BrN2S2. The smallest absolute Gasteiger partial charge is 0.176 e. The maximum atomic E-state index is 4.77. The van der Waals surface area contributed by atoms with Gasteiger partial charge < -0.3 is 4.90 Å². The molecule has 1 aromatic carbocycles. The molecule has 1 aromatic rings. The Morgan fingerprint density at radius 1 is 1.24 bits per heavy atom. The number of nitrogens with zero attached hydrogens (tertiary/aromatic N) is 2. The fraction of sp³-hybridized carbons (Fsp3) is 0.333. The van der Waals surface area contributed by atoms with Crippen LogP contribution in [0.4, 0.5) is 0 Å². The molecule has 1 unspecified atom stereocenters. The van der Waals surface area contributed by atoms with Gasteiger partial charge in [0.1, 0.15) is 4.99 Å². The largest absolute Gasteiger partial charge is 0.351 e. The van der Waals surface area contributed by atoms with E-state index in [4.69, 9.17) is 4.99 Å². The first-order chi connectivity index (χ1) is 8.26. The standard InChI is InChI=1S/C12H15BrN2S2/c1-3-15(4-2)12-14-11(17(13)16-12)10-8-6-5-7-9-10/h5-9H,3-4H2,1-2H3. The van der Waals surface area contributed by atoms with E-state index in [1.54, 1.807) is 0 Å². The van der Waals surface area contributed by atoms with E-state index in [1.807, 2.05) is 16.9 Å². The maximum absolute atomic E-state index is 4.77. The van der Waals surface area contributed by atoms with E-state index in [-0.39, 0.29) is 7.95 Å². The minimum atomic E-state index is -0.0150. The van der Waals surface area contributed by atoms with Crippen LogP contribution in [0.2, 0.25) is 0 Å². The van der Waals surface area contributed by atoms with Crippen LogP contribution in [-0.2, 0) is 0 Å². The molecule has 0 radical (unpaired) electrons. The van der Waals surface area contributed by atoms with Crippen LogP contribution in [0.25, 0.3) is 0 Å². The van der Waals surface area contributed by atoms with Crippen molar-refractivity contribution in [1.29, 1.82) is 0 Å². The van der Waals surface area contributed by atoms with E-state index < -0.39 is 0 Å². The summed E-state index contributed by atoms with van der Waals surface area (Å²) < 4.78 is 0. The average Bonchev–Trinajstić information content (AvgIpc) is 2.74. The Bertz CT molecular complexity index is 453. The highest BCUT2D eigenvalue weighted by atomic mass is 79.9. The molecule has 0 saturated heterocycles. The first-order valence-electron chi connectivity index (χ1n) is 5.61. The van der Waals surface area contributed by atoms with Gasteiger partial charge in [0.15, 0.2) is 5.17 Å². The molecule has 2 nitrogen and oxygen atoms in total. The average molecular weight is 331 g/mol. The van der Waals surface area contributed by atoms with Gasteiger partial charge in [0.05, 0.1) is 0 Å². The summed E-state index contributed by atoms with van der Waals surface area (Å²) in [6, 6.07) is 10.4. The van der Waals surface area contributed by atoms with Crippen LogP contribution >= 0.6 is 33.6 Å². The summed E-state index contributed by atoms with van der Waals surface area (Å²) in [5.74, 6) is 0. The second-order valence-electron chi connectivity index (χ2n) is 3.54. The lowest BCUT2D eigenvalue weighted by molar-refractivity contribution is 0.476. The van der Waals surface area contributed by atoms with Gasteiger partial charge in [-0.15, -0.1) is 0 Å². The Kier molecular flexibility index (Phi) is 4.70. The zero-order valence-electron chi connectivity index (χ0n) is 9.89. The van der Waals surface area contributed by atoms with Crippen molar-refractivity contribution in [2.45, 2.75) is 13.8 Å². The highest BCUT2D eigenvalue weighted by molar-refractivity contribution is 9.65. The van der Waals surface area contributed by atoms with Crippen LogP contribution in [0, 0.1) is 0 Å². The summed E-state index contributed by atoms with van der Waals surface area (Å²) >= 11 is 3.72. The second kappa shape index (κ2) is 6.07.